The first kappa shape index (κ1) is 25.4. The predicted molar refractivity (Wildman–Crippen MR) is 139 cm³/mol. The van der Waals surface area contributed by atoms with Crippen molar-refractivity contribution in [2.24, 2.45) is 5.92 Å². The first-order valence-electron chi connectivity index (χ1n) is 11.3. The zero-order valence-corrected chi connectivity index (χ0v) is 21.7. The zero-order valence-electron chi connectivity index (χ0n) is 20.9. The summed E-state index contributed by atoms with van der Waals surface area (Å²) < 4.78 is 5.22. The number of hydrogen-bond acceptors (Lipinski definition) is 5. The molecule has 3 rings (SSSR count). The third-order valence-electron chi connectivity index (χ3n) is 5.64. The van der Waals surface area contributed by atoms with Gasteiger partial charge in [0.15, 0.2) is 5.13 Å². The highest BCUT2D eigenvalue weighted by Crippen LogP contribution is 2.31. The lowest BCUT2D eigenvalue weighted by atomic mass is 9.86. The third-order valence-corrected chi connectivity index (χ3v) is 6.53. The second-order valence-electron chi connectivity index (χ2n) is 9.66. The summed E-state index contributed by atoms with van der Waals surface area (Å²) in [4.78, 5) is 31.5. The topological polar surface area (TPSA) is 80.3 Å². The first-order valence-corrected chi connectivity index (χ1v) is 12.2. The molecule has 34 heavy (non-hydrogen) atoms. The Kier molecular flexibility index (Phi) is 7.77. The minimum absolute atomic E-state index is 0.00582. The molecule has 1 atom stereocenters. The molecule has 0 aliphatic carbocycles. The summed E-state index contributed by atoms with van der Waals surface area (Å²) in [7, 11) is 1.63. The van der Waals surface area contributed by atoms with Gasteiger partial charge in [0.2, 0.25) is 5.91 Å². The number of aryl methyl sites for hydroxylation is 1. The van der Waals surface area contributed by atoms with Gasteiger partial charge in [-0.25, -0.2) is 4.98 Å². The molecule has 2 N–H and O–H groups in total. The van der Waals surface area contributed by atoms with Gasteiger partial charge in [-0.05, 0) is 60.2 Å². The molecule has 0 saturated carbocycles. The van der Waals surface area contributed by atoms with Crippen LogP contribution >= 0.6 is 11.3 Å². The number of anilines is 1. The maximum atomic E-state index is 13.1. The van der Waals surface area contributed by atoms with E-state index in [0.29, 0.717) is 10.7 Å². The Morgan fingerprint density at radius 2 is 1.62 bits per heavy atom. The van der Waals surface area contributed by atoms with E-state index in [9.17, 15) is 9.59 Å². The summed E-state index contributed by atoms with van der Waals surface area (Å²) in [6.45, 7) is 12.2. The van der Waals surface area contributed by atoms with Crippen LogP contribution in [-0.4, -0.2) is 29.9 Å². The second-order valence-corrected chi connectivity index (χ2v) is 10.9. The molecule has 0 saturated heterocycles. The molecule has 0 aliphatic heterocycles. The molecule has 0 radical (unpaired) electrons. The van der Waals surface area contributed by atoms with Crippen LogP contribution in [0.3, 0.4) is 0 Å². The van der Waals surface area contributed by atoms with Gasteiger partial charge >= 0.3 is 0 Å². The summed E-state index contributed by atoms with van der Waals surface area (Å²) in [5, 5.41) is 6.28. The summed E-state index contributed by atoms with van der Waals surface area (Å²) in [6.07, 6.45) is 0. The van der Waals surface area contributed by atoms with Crippen LogP contribution < -0.4 is 15.4 Å². The fourth-order valence-corrected chi connectivity index (χ4v) is 4.37. The van der Waals surface area contributed by atoms with Gasteiger partial charge in [0.05, 0.1) is 12.8 Å². The van der Waals surface area contributed by atoms with E-state index < -0.39 is 6.04 Å². The molecule has 0 aliphatic rings. The summed E-state index contributed by atoms with van der Waals surface area (Å²) in [5.41, 5.74) is 3.44. The number of hydrogen-bond donors (Lipinski definition) is 2. The molecule has 2 aromatic carbocycles. The van der Waals surface area contributed by atoms with Crippen molar-refractivity contribution in [2.45, 2.75) is 53.0 Å². The molecule has 1 aromatic heterocycles. The fraction of sp³-hybridized carbons (Fsp3) is 0.370. The molecule has 0 bridgehead atoms. The standard InChI is InChI=1S/C27H33N3O3S/c1-16(2)22(28-24(31)19-8-12-20(13-9-19)27(4,5)6)25(32)30-26-29-23(17(3)34-26)18-10-14-21(33-7)15-11-18/h8-16,22H,1-7H3,(H,28,31)(H,29,30,32)/t22-/m1/s1. The van der Waals surface area contributed by atoms with E-state index in [1.807, 2.05) is 57.2 Å². The number of methoxy groups -OCH3 is 1. The summed E-state index contributed by atoms with van der Waals surface area (Å²) >= 11 is 1.41. The summed E-state index contributed by atoms with van der Waals surface area (Å²) in [6, 6.07) is 14.5. The van der Waals surface area contributed by atoms with Crippen LogP contribution in [0.25, 0.3) is 11.3 Å². The van der Waals surface area contributed by atoms with Crippen molar-refractivity contribution in [2.75, 3.05) is 12.4 Å². The SMILES string of the molecule is COc1ccc(-c2nc(NC(=O)[C@H](NC(=O)c3ccc(C(C)(C)C)cc3)C(C)C)sc2C)cc1. The largest absolute Gasteiger partial charge is 0.497 e. The van der Waals surface area contributed by atoms with Crippen molar-refractivity contribution in [1.29, 1.82) is 0 Å². The summed E-state index contributed by atoms with van der Waals surface area (Å²) in [5.74, 6) is 0.113. The maximum Gasteiger partial charge on any atom is 0.251 e. The number of benzene rings is 2. The van der Waals surface area contributed by atoms with Gasteiger partial charge in [0.25, 0.3) is 5.91 Å². The highest BCUT2D eigenvalue weighted by atomic mass is 32.1. The first-order chi connectivity index (χ1) is 16.0. The Labute approximate surface area is 205 Å². The molecule has 0 unspecified atom stereocenters. The quantitative estimate of drug-likeness (QED) is 0.448. The van der Waals surface area contributed by atoms with E-state index in [2.05, 4.69) is 36.4 Å². The van der Waals surface area contributed by atoms with E-state index in [1.165, 1.54) is 11.3 Å². The van der Waals surface area contributed by atoms with Crippen LogP contribution in [-0.2, 0) is 10.2 Å². The number of nitrogens with one attached hydrogen (secondary N) is 2. The number of thiazole rings is 1. The molecule has 3 aromatic rings. The minimum Gasteiger partial charge on any atom is -0.497 e. The molecule has 7 heteroatoms. The Balaban J connectivity index is 1.72. The van der Waals surface area contributed by atoms with Gasteiger partial charge in [-0.2, -0.15) is 0 Å². The van der Waals surface area contributed by atoms with Crippen LogP contribution in [0, 0.1) is 12.8 Å². The van der Waals surface area contributed by atoms with Gasteiger partial charge in [0.1, 0.15) is 11.8 Å². The van der Waals surface area contributed by atoms with Gasteiger partial charge < -0.3 is 15.4 Å². The van der Waals surface area contributed by atoms with Crippen molar-refractivity contribution in [3.8, 4) is 17.0 Å². The van der Waals surface area contributed by atoms with Gasteiger partial charge in [-0.1, -0.05) is 46.8 Å². The molecule has 0 spiro atoms. The smallest absolute Gasteiger partial charge is 0.251 e. The van der Waals surface area contributed by atoms with Crippen LogP contribution in [0.4, 0.5) is 5.13 Å². The minimum atomic E-state index is -0.691. The number of amides is 2. The molecular formula is C27H33N3O3S. The lowest BCUT2D eigenvalue weighted by Gasteiger charge is -2.22. The van der Waals surface area contributed by atoms with Crippen molar-refractivity contribution in [3.63, 3.8) is 0 Å². The van der Waals surface area contributed by atoms with Gasteiger partial charge in [-0.3, -0.25) is 9.59 Å². The van der Waals surface area contributed by atoms with Crippen molar-refractivity contribution < 1.29 is 14.3 Å². The van der Waals surface area contributed by atoms with Gasteiger partial charge in [-0.15, -0.1) is 11.3 Å². The van der Waals surface area contributed by atoms with E-state index in [-0.39, 0.29) is 23.1 Å². The average molecular weight is 480 g/mol. The molecular weight excluding hydrogens is 446 g/mol. The molecule has 0 fully saturated rings. The molecule has 180 valence electrons. The monoisotopic (exact) mass is 479 g/mol. The Bertz CT molecular complexity index is 1140. The fourth-order valence-electron chi connectivity index (χ4n) is 3.53. The number of aromatic nitrogens is 1. The normalized spacial score (nSPS) is 12.4. The van der Waals surface area contributed by atoms with E-state index in [0.717, 1.165) is 27.4 Å². The van der Waals surface area contributed by atoms with Crippen molar-refractivity contribution in [3.05, 3.63) is 64.5 Å². The van der Waals surface area contributed by atoms with Crippen LogP contribution in [0.15, 0.2) is 48.5 Å². The Hall–Kier alpha value is -3.19. The lowest BCUT2D eigenvalue weighted by Crippen LogP contribution is -2.47. The average Bonchev–Trinajstić information content (AvgIpc) is 3.16. The zero-order chi connectivity index (χ0) is 25.0. The second kappa shape index (κ2) is 10.4. The Morgan fingerprint density at radius 3 is 2.15 bits per heavy atom. The number of ether oxygens (including phenoxy) is 1. The number of carbonyl (C=O) groups excluding carboxylic acids is 2. The van der Waals surface area contributed by atoms with E-state index in [4.69, 9.17) is 4.74 Å². The highest BCUT2D eigenvalue weighted by Gasteiger charge is 2.26. The van der Waals surface area contributed by atoms with E-state index >= 15 is 0 Å². The van der Waals surface area contributed by atoms with Crippen LogP contribution in [0.1, 0.15) is 55.4 Å². The van der Waals surface area contributed by atoms with Gasteiger partial charge in [0, 0.05) is 16.0 Å². The van der Waals surface area contributed by atoms with Crippen molar-refractivity contribution in [1.82, 2.24) is 10.3 Å². The van der Waals surface area contributed by atoms with Crippen LogP contribution in [0.5, 0.6) is 5.75 Å². The molecule has 1 heterocycles. The number of rotatable bonds is 7. The van der Waals surface area contributed by atoms with Crippen LogP contribution in [0.2, 0.25) is 0 Å². The number of carbonyl (C=O) groups is 2. The number of nitrogens with zero attached hydrogens (tertiary/aromatic N) is 1. The predicted octanol–water partition coefficient (Wildman–Crippen LogP) is 5.82. The Morgan fingerprint density at radius 1 is 1.00 bits per heavy atom. The maximum absolute atomic E-state index is 13.1. The highest BCUT2D eigenvalue weighted by molar-refractivity contribution is 7.16. The molecule has 2 amide bonds. The molecule has 6 nitrogen and oxygen atoms in total. The lowest BCUT2D eigenvalue weighted by molar-refractivity contribution is -0.118. The van der Waals surface area contributed by atoms with E-state index in [1.54, 1.807) is 19.2 Å². The van der Waals surface area contributed by atoms with Crippen molar-refractivity contribution >= 4 is 28.3 Å². The third kappa shape index (κ3) is 6.03.